The topological polar surface area (TPSA) is 83.6 Å². The number of amides is 1. The standard InChI is InChI=1S/C12H11N5O/c1-8-10(4-3-5-14-8)12(18)15-11-9(6-13)7-17(2)16-11/h3-5,7H,1-2H3,(H,15,16,18). The Kier molecular flexibility index (Phi) is 3.06. The van der Waals surface area contributed by atoms with Crippen molar-refractivity contribution >= 4 is 11.7 Å². The van der Waals surface area contributed by atoms with E-state index in [2.05, 4.69) is 15.4 Å². The summed E-state index contributed by atoms with van der Waals surface area (Å²) in [4.78, 5) is 16.0. The molecule has 0 fully saturated rings. The first-order valence-electron chi connectivity index (χ1n) is 5.28. The Morgan fingerprint density at radius 2 is 2.33 bits per heavy atom. The van der Waals surface area contributed by atoms with Gasteiger partial charge in [0.15, 0.2) is 5.82 Å². The van der Waals surface area contributed by atoms with Gasteiger partial charge in [0, 0.05) is 25.1 Å². The van der Waals surface area contributed by atoms with Crippen molar-refractivity contribution in [3.63, 3.8) is 0 Å². The van der Waals surface area contributed by atoms with Crippen LogP contribution in [0.25, 0.3) is 0 Å². The van der Waals surface area contributed by atoms with Crippen LogP contribution in [0, 0.1) is 18.3 Å². The molecule has 0 saturated heterocycles. The lowest BCUT2D eigenvalue weighted by atomic mass is 10.2. The molecule has 18 heavy (non-hydrogen) atoms. The average Bonchev–Trinajstić information content (AvgIpc) is 2.70. The fourth-order valence-electron chi connectivity index (χ4n) is 1.56. The number of hydrogen-bond acceptors (Lipinski definition) is 4. The summed E-state index contributed by atoms with van der Waals surface area (Å²) >= 11 is 0. The van der Waals surface area contributed by atoms with Crippen molar-refractivity contribution in [1.82, 2.24) is 14.8 Å². The van der Waals surface area contributed by atoms with Crippen molar-refractivity contribution in [2.24, 2.45) is 7.05 Å². The van der Waals surface area contributed by atoms with Crippen LogP contribution in [0.2, 0.25) is 0 Å². The van der Waals surface area contributed by atoms with Gasteiger partial charge in [0.2, 0.25) is 0 Å². The van der Waals surface area contributed by atoms with Gasteiger partial charge < -0.3 is 5.32 Å². The molecule has 6 heteroatoms. The summed E-state index contributed by atoms with van der Waals surface area (Å²) in [5.41, 5.74) is 1.42. The third-order valence-electron chi connectivity index (χ3n) is 2.43. The lowest BCUT2D eigenvalue weighted by Crippen LogP contribution is -2.15. The van der Waals surface area contributed by atoms with Gasteiger partial charge in [-0.05, 0) is 19.1 Å². The molecule has 0 saturated carbocycles. The van der Waals surface area contributed by atoms with E-state index in [1.807, 2.05) is 6.07 Å². The van der Waals surface area contributed by atoms with Crippen molar-refractivity contribution < 1.29 is 4.79 Å². The fraction of sp³-hybridized carbons (Fsp3) is 0.167. The molecule has 0 bridgehead atoms. The van der Waals surface area contributed by atoms with Gasteiger partial charge in [0.05, 0.1) is 5.56 Å². The smallest absolute Gasteiger partial charge is 0.258 e. The first kappa shape index (κ1) is 11.8. The van der Waals surface area contributed by atoms with E-state index in [-0.39, 0.29) is 11.7 Å². The highest BCUT2D eigenvalue weighted by Gasteiger charge is 2.14. The Balaban J connectivity index is 2.27. The second-order valence-electron chi connectivity index (χ2n) is 3.77. The van der Waals surface area contributed by atoms with Gasteiger partial charge in [-0.3, -0.25) is 14.5 Å². The number of carbonyl (C=O) groups excluding carboxylic acids is 1. The second-order valence-corrected chi connectivity index (χ2v) is 3.77. The molecule has 0 aliphatic carbocycles. The SMILES string of the molecule is Cc1ncccc1C(=O)Nc1nn(C)cc1C#N. The van der Waals surface area contributed by atoms with E-state index in [9.17, 15) is 4.79 Å². The summed E-state index contributed by atoms with van der Waals surface area (Å²) in [7, 11) is 1.69. The molecule has 90 valence electrons. The highest BCUT2D eigenvalue weighted by molar-refractivity contribution is 6.04. The Labute approximate surface area is 104 Å². The summed E-state index contributed by atoms with van der Waals surface area (Å²) in [6, 6.07) is 5.33. The maximum atomic E-state index is 12.0. The predicted molar refractivity (Wildman–Crippen MR) is 64.9 cm³/mol. The zero-order chi connectivity index (χ0) is 13.1. The molecule has 1 amide bonds. The summed E-state index contributed by atoms with van der Waals surface area (Å²) in [6.07, 6.45) is 3.17. The van der Waals surface area contributed by atoms with Crippen LogP contribution in [-0.4, -0.2) is 20.7 Å². The Morgan fingerprint density at radius 3 is 3.00 bits per heavy atom. The van der Waals surface area contributed by atoms with Crippen LogP contribution in [0.3, 0.4) is 0 Å². The highest BCUT2D eigenvalue weighted by atomic mass is 16.1. The van der Waals surface area contributed by atoms with Crippen LogP contribution in [0.5, 0.6) is 0 Å². The quantitative estimate of drug-likeness (QED) is 0.857. The molecule has 2 aromatic heterocycles. The lowest BCUT2D eigenvalue weighted by Gasteiger charge is -2.04. The maximum Gasteiger partial charge on any atom is 0.258 e. The third kappa shape index (κ3) is 2.20. The van der Waals surface area contributed by atoms with Gasteiger partial charge >= 0.3 is 0 Å². The summed E-state index contributed by atoms with van der Waals surface area (Å²) in [6.45, 7) is 1.75. The number of rotatable bonds is 2. The summed E-state index contributed by atoms with van der Waals surface area (Å²) in [5, 5.41) is 15.5. The number of anilines is 1. The van der Waals surface area contributed by atoms with E-state index in [4.69, 9.17) is 5.26 Å². The number of nitrogens with one attached hydrogen (secondary N) is 1. The number of nitrogens with zero attached hydrogens (tertiary/aromatic N) is 4. The lowest BCUT2D eigenvalue weighted by molar-refractivity contribution is 0.102. The number of aryl methyl sites for hydroxylation is 2. The van der Waals surface area contributed by atoms with Gasteiger partial charge in [0.1, 0.15) is 11.6 Å². The van der Waals surface area contributed by atoms with E-state index < -0.39 is 0 Å². The number of hydrogen-bond donors (Lipinski definition) is 1. The van der Waals surface area contributed by atoms with Gasteiger partial charge in [-0.25, -0.2) is 0 Å². The molecule has 0 aromatic carbocycles. The Hall–Kier alpha value is -2.68. The molecule has 2 aromatic rings. The van der Waals surface area contributed by atoms with Crippen LogP contribution in [0.1, 0.15) is 21.6 Å². The molecule has 6 nitrogen and oxygen atoms in total. The van der Waals surface area contributed by atoms with Gasteiger partial charge in [-0.2, -0.15) is 10.4 Å². The average molecular weight is 241 g/mol. The molecule has 0 spiro atoms. The normalized spacial score (nSPS) is 9.83. The number of pyridine rings is 1. The maximum absolute atomic E-state index is 12.0. The molecule has 0 radical (unpaired) electrons. The van der Waals surface area contributed by atoms with Crippen LogP contribution in [-0.2, 0) is 7.05 Å². The van der Waals surface area contributed by atoms with Crippen molar-refractivity contribution in [2.75, 3.05) is 5.32 Å². The van der Waals surface area contributed by atoms with Crippen LogP contribution < -0.4 is 5.32 Å². The van der Waals surface area contributed by atoms with Crippen LogP contribution >= 0.6 is 0 Å². The Morgan fingerprint density at radius 1 is 1.56 bits per heavy atom. The highest BCUT2D eigenvalue weighted by Crippen LogP contribution is 2.13. The first-order valence-corrected chi connectivity index (χ1v) is 5.28. The van der Waals surface area contributed by atoms with E-state index in [1.54, 1.807) is 38.5 Å². The van der Waals surface area contributed by atoms with Crippen molar-refractivity contribution in [3.8, 4) is 6.07 Å². The molecule has 0 unspecified atom stereocenters. The molecule has 0 aliphatic rings. The summed E-state index contributed by atoms with van der Waals surface area (Å²) < 4.78 is 1.48. The van der Waals surface area contributed by atoms with E-state index >= 15 is 0 Å². The molecular formula is C12H11N5O. The molecule has 0 atom stereocenters. The predicted octanol–water partition coefficient (Wildman–Crippen LogP) is 1.25. The monoisotopic (exact) mass is 241 g/mol. The van der Waals surface area contributed by atoms with Crippen molar-refractivity contribution in [2.45, 2.75) is 6.92 Å². The van der Waals surface area contributed by atoms with Gasteiger partial charge in [-0.15, -0.1) is 0 Å². The van der Waals surface area contributed by atoms with E-state index in [0.29, 0.717) is 16.8 Å². The van der Waals surface area contributed by atoms with Crippen LogP contribution in [0.15, 0.2) is 24.5 Å². The number of aromatic nitrogens is 3. The molecular weight excluding hydrogens is 230 g/mol. The van der Waals surface area contributed by atoms with Gasteiger partial charge in [-0.1, -0.05) is 0 Å². The minimum Gasteiger partial charge on any atom is -0.304 e. The van der Waals surface area contributed by atoms with Crippen molar-refractivity contribution in [1.29, 1.82) is 5.26 Å². The van der Waals surface area contributed by atoms with E-state index in [0.717, 1.165) is 0 Å². The summed E-state index contributed by atoms with van der Waals surface area (Å²) in [5.74, 6) is -0.0657. The Bertz CT molecular complexity index is 638. The third-order valence-corrected chi connectivity index (χ3v) is 2.43. The minimum atomic E-state index is -0.323. The van der Waals surface area contributed by atoms with Crippen LogP contribution in [0.4, 0.5) is 5.82 Å². The molecule has 2 heterocycles. The zero-order valence-electron chi connectivity index (χ0n) is 10.0. The first-order chi connectivity index (χ1) is 8.61. The zero-order valence-corrected chi connectivity index (χ0v) is 10.0. The fourth-order valence-corrected chi connectivity index (χ4v) is 1.56. The molecule has 1 N–H and O–H groups in total. The largest absolute Gasteiger partial charge is 0.304 e. The molecule has 0 aliphatic heterocycles. The minimum absolute atomic E-state index is 0.258. The van der Waals surface area contributed by atoms with Crippen molar-refractivity contribution in [3.05, 3.63) is 41.3 Å². The van der Waals surface area contributed by atoms with E-state index in [1.165, 1.54) is 4.68 Å². The van der Waals surface area contributed by atoms with Gasteiger partial charge in [0.25, 0.3) is 5.91 Å². The second kappa shape index (κ2) is 4.67. The number of carbonyl (C=O) groups is 1. The number of nitriles is 1. The molecule has 2 rings (SSSR count).